The topological polar surface area (TPSA) is 78.8 Å². The Morgan fingerprint density at radius 2 is 1.90 bits per heavy atom. The third-order valence-electron chi connectivity index (χ3n) is 3.79. The number of carbonyl (C=O) groups excluding carboxylic acids is 1. The molecule has 6 nitrogen and oxygen atoms in total. The first-order chi connectivity index (χ1) is 13.4. The first kappa shape index (κ1) is 22.7. The van der Waals surface area contributed by atoms with Crippen molar-refractivity contribution in [3.8, 4) is 0 Å². The van der Waals surface area contributed by atoms with Crippen LogP contribution in [0.25, 0.3) is 0 Å². The fourth-order valence-electron chi connectivity index (χ4n) is 2.44. The SMILES string of the molecule is Cc1ccc(Cl)cc1N(CC(=O)N/N=C\c1ccccc1C(F)(F)F)S(C)(=O)=O. The summed E-state index contributed by atoms with van der Waals surface area (Å²) in [5.74, 6) is -0.837. The number of hydrogen-bond acceptors (Lipinski definition) is 4. The highest BCUT2D eigenvalue weighted by atomic mass is 35.5. The van der Waals surface area contributed by atoms with Gasteiger partial charge in [0, 0.05) is 10.6 Å². The first-order valence-corrected chi connectivity index (χ1v) is 10.3. The minimum atomic E-state index is -4.58. The molecule has 0 atom stereocenters. The predicted octanol–water partition coefficient (Wildman–Crippen LogP) is 3.58. The highest BCUT2D eigenvalue weighted by Crippen LogP contribution is 2.31. The van der Waals surface area contributed by atoms with E-state index in [1.54, 1.807) is 19.1 Å². The number of benzene rings is 2. The quantitative estimate of drug-likeness (QED) is 0.543. The molecule has 1 amide bonds. The highest BCUT2D eigenvalue weighted by molar-refractivity contribution is 7.92. The predicted molar refractivity (Wildman–Crippen MR) is 106 cm³/mol. The first-order valence-electron chi connectivity index (χ1n) is 8.11. The van der Waals surface area contributed by atoms with E-state index >= 15 is 0 Å². The molecule has 2 aromatic rings. The molecule has 0 bridgehead atoms. The average molecular weight is 448 g/mol. The van der Waals surface area contributed by atoms with E-state index < -0.39 is 34.2 Å². The Hall–Kier alpha value is -2.59. The number of hydrogen-bond donors (Lipinski definition) is 1. The Bertz CT molecular complexity index is 1040. The van der Waals surface area contributed by atoms with Gasteiger partial charge in [-0.3, -0.25) is 9.10 Å². The molecule has 2 rings (SSSR count). The van der Waals surface area contributed by atoms with Crippen LogP contribution < -0.4 is 9.73 Å². The molecule has 156 valence electrons. The van der Waals surface area contributed by atoms with Gasteiger partial charge in [-0.25, -0.2) is 13.8 Å². The third-order valence-corrected chi connectivity index (χ3v) is 5.15. The summed E-state index contributed by atoms with van der Waals surface area (Å²) in [6, 6.07) is 9.27. The van der Waals surface area contributed by atoms with Crippen LogP contribution in [-0.4, -0.2) is 33.3 Å². The molecule has 1 N–H and O–H groups in total. The zero-order chi connectivity index (χ0) is 21.8. The summed E-state index contributed by atoms with van der Waals surface area (Å²) in [5.41, 5.74) is 1.66. The molecule has 0 aliphatic rings. The Morgan fingerprint density at radius 1 is 1.24 bits per heavy atom. The van der Waals surface area contributed by atoms with Crippen LogP contribution >= 0.6 is 11.6 Å². The maximum absolute atomic E-state index is 13.0. The van der Waals surface area contributed by atoms with Crippen LogP contribution in [0, 0.1) is 6.92 Å². The second-order valence-corrected chi connectivity index (χ2v) is 8.42. The number of alkyl halides is 3. The van der Waals surface area contributed by atoms with Crippen molar-refractivity contribution in [1.29, 1.82) is 0 Å². The molecular weight excluding hydrogens is 431 g/mol. The van der Waals surface area contributed by atoms with Crippen LogP contribution in [0.5, 0.6) is 0 Å². The number of carbonyl (C=O) groups is 1. The van der Waals surface area contributed by atoms with Gasteiger partial charge in [0.2, 0.25) is 10.0 Å². The van der Waals surface area contributed by atoms with Crippen LogP contribution in [0.2, 0.25) is 5.02 Å². The lowest BCUT2D eigenvalue weighted by Gasteiger charge is -2.23. The molecular formula is C18H17ClF3N3O3S. The highest BCUT2D eigenvalue weighted by Gasteiger charge is 2.32. The summed E-state index contributed by atoms with van der Waals surface area (Å²) in [6.45, 7) is 1.02. The second kappa shape index (κ2) is 8.83. The van der Waals surface area contributed by atoms with Gasteiger partial charge in [-0.05, 0) is 30.7 Å². The van der Waals surface area contributed by atoms with E-state index in [9.17, 15) is 26.4 Å². The normalized spacial score (nSPS) is 12.2. The summed E-state index contributed by atoms with van der Waals surface area (Å²) in [4.78, 5) is 12.2. The molecule has 0 saturated heterocycles. The van der Waals surface area contributed by atoms with Crippen molar-refractivity contribution in [3.63, 3.8) is 0 Å². The molecule has 11 heteroatoms. The second-order valence-electron chi connectivity index (χ2n) is 6.08. The summed E-state index contributed by atoms with van der Waals surface area (Å²) in [5, 5.41) is 3.79. The Balaban J connectivity index is 2.19. The van der Waals surface area contributed by atoms with E-state index in [0.29, 0.717) is 5.56 Å². The van der Waals surface area contributed by atoms with Crippen molar-refractivity contribution >= 4 is 39.4 Å². The van der Waals surface area contributed by atoms with Crippen molar-refractivity contribution in [2.24, 2.45) is 5.10 Å². The van der Waals surface area contributed by atoms with Gasteiger partial charge in [0.25, 0.3) is 5.91 Å². The minimum absolute atomic E-state index is 0.210. The van der Waals surface area contributed by atoms with E-state index in [4.69, 9.17) is 11.6 Å². The molecule has 0 fully saturated rings. The molecule has 0 heterocycles. The molecule has 0 aliphatic heterocycles. The number of rotatable bonds is 6. The Kier molecular flexibility index (Phi) is 6.91. The number of aryl methyl sites for hydroxylation is 1. The zero-order valence-electron chi connectivity index (χ0n) is 15.4. The van der Waals surface area contributed by atoms with Crippen molar-refractivity contribution < 1.29 is 26.4 Å². The largest absolute Gasteiger partial charge is 0.417 e. The van der Waals surface area contributed by atoms with Crippen LogP contribution in [0.15, 0.2) is 47.6 Å². The Morgan fingerprint density at radius 3 is 2.52 bits per heavy atom. The number of sulfonamides is 1. The van der Waals surface area contributed by atoms with Crippen LogP contribution in [-0.2, 0) is 21.0 Å². The molecule has 29 heavy (non-hydrogen) atoms. The molecule has 0 aromatic heterocycles. The zero-order valence-corrected chi connectivity index (χ0v) is 16.9. The minimum Gasteiger partial charge on any atom is -0.271 e. The number of anilines is 1. The number of halogens is 4. The van der Waals surface area contributed by atoms with Gasteiger partial charge < -0.3 is 0 Å². The molecule has 0 unspecified atom stereocenters. The van der Waals surface area contributed by atoms with Gasteiger partial charge in [0.1, 0.15) is 6.54 Å². The number of amides is 1. The maximum Gasteiger partial charge on any atom is 0.417 e. The lowest BCUT2D eigenvalue weighted by molar-refractivity contribution is -0.137. The van der Waals surface area contributed by atoms with Gasteiger partial charge in [-0.15, -0.1) is 0 Å². The van der Waals surface area contributed by atoms with Crippen molar-refractivity contribution in [1.82, 2.24) is 5.43 Å². The van der Waals surface area contributed by atoms with Gasteiger partial charge in [0.05, 0.1) is 23.7 Å². The van der Waals surface area contributed by atoms with Crippen molar-refractivity contribution in [3.05, 3.63) is 64.2 Å². The van der Waals surface area contributed by atoms with Crippen molar-refractivity contribution in [2.75, 3.05) is 17.1 Å². The standard InChI is InChI=1S/C18H17ClF3N3O3S/c1-12-7-8-14(19)9-16(12)25(29(2,27)28)11-17(26)24-23-10-13-5-3-4-6-15(13)18(20,21)22/h3-10H,11H2,1-2H3,(H,24,26)/b23-10-. The van der Waals surface area contributed by atoms with Gasteiger partial charge >= 0.3 is 6.18 Å². The van der Waals surface area contributed by atoms with Gasteiger partial charge in [-0.1, -0.05) is 35.9 Å². The monoisotopic (exact) mass is 447 g/mol. The van der Waals surface area contributed by atoms with Gasteiger partial charge in [-0.2, -0.15) is 18.3 Å². The van der Waals surface area contributed by atoms with Gasteiger partial charge in [0.15, 0.2) is 0 Å². The maximum atomic E-state index is 13.0. The van der Waals surface area contributed by atoms with E-state index in [0.717, 1.165) is 22.8 Å². The fourth-order valence-corrected chi connectivity index (χ4v) is 3.51. The third kappa shape index (κ3) is 6.20. The lowest BCUT2D eigenvalue weighted by Crippen LogP contribution is -2.39. The van der Waals surface area contributed by atoms with Crippen LogP contribution in [0.3, 0.4) is 0 Å². The lowest BCUT2D eigenvalue weighted by atomic mass is 10.1. The van der Waals surface area contributed by atoms with E-state index in [2.05, 4.69) is 5.10 Å². The summed E-state index contributed by atoms with van der Waals surface area (Å²) < 4.78 is 64.0. The summed E-state index contributed by atoms with van der Waals surface area (Å²) in [6.07, 6.45) is -2.82. The molecule has 2 aromatic carbocycles. The van der Waals surface area contributed by atoms with Crippen LogP contribution in [0.1, 0.15) is 16.7 Å². The number of hydrazone groups is 1. The fraction of sp³-hybridized carbons (Fsp3) is 0.222. The number of nitrogens with one attached hydrogen (secondary N) is 1. The Labute approximate surface area is 171 Å². The summed E-state index contributed by atoms with van der Waals surface area (Å²) >= 11 is 5.91. The molecule has 0 aliphatic carbocycles. The molecule has 0 spiro atoms. The van der Waals surface area contributed by atoms with Crippen molar-refractivity contribution in [2.45, 2.75) is 13.1 Å². The smallest absolute Gasteiger partial charge is 0.271 e. The molecule has 0 radical (unpaired) electrons. The molecule has 0 saturated carbocycles. The summed E-state index contributed by atoms with van der Waals surface area (Å²) in [7, 11) is -3.84. The van der Waals surface area contributed by atoms with Crippen LogP contribution in [0.4, 0.5) is 18.9 Å². The van der Waals surface area contributed by atoms with E-state index in [1.165, 1.54) is 24.3 Å². The van der Waals surface area contributed by atoms with E-state index in [-0.39, 0.29) is 16.3 Å². The van der Waals surface area contributed by atoms with E-state index in [1.807, 2.05) is 5.43 Å². The average Bonchev–Trinajstić information content (AvgIpc) is 2.60. The number of nitrogens with zero attached hydrogens (tertiary/aromatic N) is 2.